The van der Waals surface area contributed by atoms with Crippen LogP contribution >= 0.6 is 11.3 Å². The van der Waals surface area contributed by atoms with Gasteiger partial charge in [-0.15, -0.1) is 11.3 Å². The molecular weight excluding hydrogens is 1370 g/mol. The van der Waals surface area contributed by atoms with Crippen LogP contribution in [0.2, 0.25) is 0 Å². The highest BCUT2D eigenvalue weighted by atomic mass is 32.1. The fourth-order valence-corrected chi connectivity index (χ4v) is 22.0. The second-order valence-corrected chi connectivity index (χ2v) is 34.2. The number of furan rings is 1. The number of thiophene rings is 1. The molecular formula is C108H80N2OS. The molecule has 16 aromatic carbocycles. The van der Waals surface area contributed by atoms with E-state index in [1.807, 2.05) is 11.3 Å². The van der Waals surface area contributed by atoms with Gasteiger partial charge in [0, 0.05) is 91.5 Å². The average molecular weight is 1450 g/mol. The van der Waals surface area contributed by atoms with Crippen LogP contribution in [0.5, 0.6) is 0 Å². The van der Waals surface area contributed by atoms with Crippen LogP contribution in [0.4, 0.5) is 34.1 Å². The van der Waals surface area contributed by atoms with Crippen LogP contribution in [0.3, 0.4) is 0 Å². The van der Waals surface area contributed by atoms with Gasteiger partial charge >= 0.3 is 0 Å². The number of fused-ring (bicyclic) bond motifs is 18. The number of benzene rings is 16. The molecule has 534 valence electrons. The summed E-state index contributed by atoms with van der Waals surface area (Å²) in [6.45, 7) is 17.0. The normalized spacial score (nSPS) is 15.4. The molecule has 0 aliphatic heterocycles. The van der Waals surface area contributed by atoms with Crippen LogP contribution < -0.4 is 9.80 Å². The molecule has 0 amide bonds. The van der Waals surface area contributed by atoms with Crippen molar-refractivity contribution in [2.75, 3.05) is 9.80 Å². The molecule has 18 aromatic rings. The van der Waals surface area contributed by atoms with E-state index in [4.69, 9.17) is 4.42 Å². The Hall–Kier alpha value is -12.9. The Morgan fingerprint density at radius 2 is 0.670 bits per heavy atom. The van der Waals surface area contributed by atoms with Gasteiger partial charge in [0.25, 0.3) is 0 Å². The van der Waals surface area contributed by atoms with Gasteiger partial charge in [0.15, 0.2) is 0 Å². The standard InChI is InChI=1S/C108H80N2OS/c1-105(2)85-46-18-9-38-81(85)101-87(105)48-29-54-95(101)110(94-53-23-14-36-75(94)79-43-27-44-80-76-37-15-24-56-97(76)111-104(79)80)92-51-21-12-33-70(92)67-60-62-73-78-42-26-31-68(103(78)107(5,6)90(73)64-67)65-108(7)86-47-19-10-39-82(86)102-88(108)49-30-55-96(102)109(93-52-22-13-35-74(93)77-41-28-58-99-100(77)83-40-16-25-57-98(83)112-99)91-50-20-11-32-69(91)66-59-61-72-71-34-8-17-45-84(71)106(3,4)89(72)63-66/h8-64H,65H2,1-7H3. The monoisotopic (exact) mass is 1450 g/mol. The van der Waals surface area contributed by atoms with E-state index in [2.05, 4.69) is 404 Å². The zero-order chi connectivity index (χ0) is 75.1. The molecule has 0 bridgehead atoms. The highest BCUT2D eigenvalue weighted by Gasteiger charge is 2.46. The minimum atomic E-state index is -0.443. The maximum Gasteiger partial charge on any atom is 0.143 e. The third-order valence-corrected chi connectivity index (χ3v) is 27.1. The lowest BCUT2D eigenvalue weighted by Crippen LogP contribution is -2.27. The minimum absolute atomic E-state index is 0.173. The van der Waals surface area contributed by atoms with Crippen molar-refractivity contribution in [3.05, 3.63) is 396 Å². The number of rotatable bonds is 12. The number of nitrogens with zero attached hydrogens (tertiary/aromatic N) is 2. The molecule has 0 fully saturated rings. The van der Waals surface area contributed by atoms with Crippen LogP contribution in [0.15, 0.2) is 350 Å². The van der Waals surface area contributed by atoms with Gasteiger partial charge in [-0.3, -0.25) is 0 Å². The molecule has 2 aromatic heterocycles. The van der Waals surface area contributed by atoms with Crippen LogP contribution in [0.25, 0.3) is 131 Å². The van der Waals surface area contributed by atoms with Crippen molar-refractivity contribution in [1.29, 1.82) is 0 Å². The summed E-state index contributed by atoms with van der Waals surface area (Å²) in [4.78, 5) is 5.20. The van der Waals surface area contributed by atoms with E-state index in [1.54, 1.807) is 0 Å². The summed E-state index contributed by atoms with van der Waals surface area (Å²) in [7, 11) is 0. The van der Waals surface area contributed by atoms with E-state index in [1.165, 1.54) is 143 Å². The van der Waals surface area contributed by atoms with Gasteiger partial charge in [-0.05, 0) is 173 Å². The largest absolute Gasteiger partial charge is 0.455 e. The molecule has 0 saturated heterocycles. The zero-order valence-corrected chi connectivity index (χ0v) is 64.6. The molecule has 3 nitrogen and oxygen atoms in total. The first-order valence-corrected chi connectivity index (χ1v) is 40.3. The number of para-hydroxylation sites is 6. The molecule has 0 spiro atoms. The summed E-state index contributed by atoms with van der Waals surface area (Å²) in [5, 5.41) is 4.80. The van der Waals surface area contributed by atoms with E-state index < -0.39 is 5.41 Å². The highest BCUT2D eigenvalue weighted by Crippen LogP contribution is 2.62. The summed E-state index contributed by atoms with van der Waals surface area (Å²) < 4.78 is 9.47. The van der Waals surface area contributed by atoms with Gasteiger partial charge in [0.2, 0.25) is 0 Å². The summed E-state index contributed by atoms with van der Waals surface area (Å²) in [5.41, 5.74) is 39.0. The predicted molar refractivity (Wildman–Crippen MR) is 472 cm³/mol. The fraction of sp³-hybridized carbons (Fsp3) is 0.111. The molecule has 4 aliphatic rings. The topological polar surface area (TPSA) is 19.6 Å². The van der Waals surface area contributed by atoms with Crippen molar-refractivity contribution in [2.45, 2.75) is 76.5 Å². The maximum atomic E-state index is 6.89. The van der Waals surface area contributed by atoms with Crippen LogP contribution in [-0.2, 0) is 28.1 Å². The summed E-state index contributed by atoms with van der Waals surface area (Å²) in [6.07, 6.45) is 0.794. The molecule has 22 rings (SSSR count). The number of hydrogen-bond acceptors (Lipinski definition) is 4. The Balaban J connectivity index is 0.687. The lowest BCUT2D eigenvalue weighted by atomic mass is 9.71. The first-order chi connectivity index (χ1) is 54.7. The molecule has 0 N–H and O–H groups in total. The third-order valence-electron chi connectivity index (χ3n) is 26.0. The van der Waals surface area contributed by atoms with Gasteiger partial charge < -0.3 is 14.2 Å². The maximum absolute atomic E-state index is 6.89. The molecule has 1 atom stereocenters. The average Bonchev–Trinajstić information content (AvgIpc) is 1.54. The van der Waals surface area contributed by atoms with Crippen molar-refractivity contribution in [3.63, 3.8) is 0 Å². The summed E-state index contributed by atoms with van der Waals surface area (Å²) in [5.74, 6) is 0. The molecule has 0 radical (unpaired) electrons. The van der Waals surface area contributed by atoms with Gasteiger partial charge in [-0.1, -0.05) is 328 Å². The van der Waals surface area contributed by atoms with Crippen molar-refractivity contribution in [3.8, 4) is 89.0 Å². The lowest BCUT2D eigenvalue weighted by Gasteiger charge is -2.33. The Kier molecular flexibility index (Phi) is 14.5. The first kappa shape index (κ1) is 66.2. The molecule has 0 saturated carbocycles. The summed E-state index contributed by atoms with van der Waals surface area (Å²) >= 11 is 1.88. The van der Waals surface area contributed by atoms with Crippen molar-refractivity contribution >= 4 is 87.6 Å². The second kappa shape index (κ2) is 24.6. The molecule has 4 aliphatic carbocycles. The van der Waals surface area contributed by atoms with Crippen LogP contribution in [-0.4, -0.2) is 0 Å². The van der Waals surface area contributed by atoms with Gasteiger partial charge in [-0.2, -0.15) is 0 Å². The van der Waals surface area contributed by atoms with E-state index in [-0.39, 0.29) is 16.2 Å². The van der Waals surface area contributed by atoms with Crippen molar-refractivity contribution in [1.82, 2.24) is 0 Å². The Morgan fingerprint density at radius 3 is 1.34 bits per heavy atom. The lowest BCUT2D eigenvalue weighted by molar-refractivity contribution is 0.567. The van der Waals surface area contributed by atoms with E-state index in [0.29, 0.717) is 0 Å². The molecule has 112 heavy (non-hydrogen) atoms. The molecule has 2 heterocycles. The third kappa shape index (κ3) is 9.52. The minimum Gasteiger partial charge on any atom is -0.455 e. The predicted octanol–water partition coefficient (Wildman–Crippen LogP) is 30.0. The Labute approximate surface area is 658 Å². The smallest absolute Gasteiger partial charge is 0.143 e. The first-order valence-electron chi connectivity index (χ1n) is 39.5. The quantitative estimate of drug-likeness (QED) is 0.122. The van der Waals surface area contributed by atoms with Crippen LogP contribution in [0, 0.1) is 0 Å². The second-order valence-electron chi connectivity index (χ2n) is 33.1. The van der Waals surface area contributed by atoms with Crippen molar-refractivity contribution in [2.24, 2.45) is 0 Å². The van der Waals surface area contributed by atoms with Crippen molar-refractivity contribution < 1.29 is 4.42 Å². The Bertz CT molecular complexity index is 7010. The molecule has 4 heteroatoms. The number of anilines is 6. The van der Waals surface area contributed by atoms with Crippen LogP contribution in [0.1, 0.15) is 98.5 Å². The zero-order valence-electron chi connectivity index (χ0n) is 63.8. The van der Waals surface area contributed by atoms with E-state index in [9.17, 15) is 0 Å². The Morgan fingerprint density at radius 1 is 0.268 bits per heavy atom. The number of hydrogen-bond donors (Lipinski definition) is 0. The van der Waals surface area contributed by atoms with Gasteiger partial charge in [-0.25, -0.2) is 0 Å². The summed E-state index contributed by atoms with van der Waals surface area (Å²) in [6, 6.07) is 131. The highest BCUT2D eigenvalue weighted by molar-refractivity contribution is 7.26. The van der Waals surface area contributed by atoms with Gasteiger partial charge in [0.1, 0.15) is 11.2 Å². The van der Waals surface area contributed by atoms with Gasteiger partial charge in [0.05, 0.1) is 34.1 Å². The van der Waals surface area contributed by atoms with E-state index in [0.717, 1.165) is 79.2 Å². The fourth-order valence-electron chi connectivity index (χ4n) is 20.8. The molecule has 1 unspecified atom stereocenters. The van der Waals surface area contributed by atoms with E-state index >= 15 is 0 Å². The SMILES string of the molecule is CC1(C)c2ccccc2-c2ccc(-c3ccccc3N(c3ccccc3-c3cccc4sc5ccccc5c34)c3cccc4c3-c3ccccc3C4(C)Cc3cccc4c3C(C)(C)c3cc(-c5ccccc5N(c5ccccc5-c5cccc6c5oc5ccccc56)c5cccc6c5-c5ccccc5C6(C)C)ccc3-4)cc21.